The molecule has 0 atom stereocenters. The van der Waals surface area contributed by atoms with Gasteiger partial charge in [0.05, 0.1) is 17.2 Å². The summed E-state index contributed by atoms with van der Waals surface area (Å²) in [6, 6.07) is 18.6. The molecule has 6 nitrogen and oxygen atoms in total. The molecule has 30 heavy (non-hydrogen) atoms. The van der Waals surface area contributed by atoms with E-state index >= 15 is 0 Å². The summed E-state index contributed by atoms with van der Waals surface area (Å²) >= 11 is 0. The van der Waals surface area contributed by atoms with Gasteiger partial charge in [-0.05, 0) is 53.4 Å². The average Bonchev–Trinajstić information content (AvgIpc) is 2.78. The highest BCUT2D eigenvalue weighted by molar-refractivity contribution is 5.97. The van der Waals surface area contributed by atoms with E-state index in [1.54, 1.807) is 23.7 Å². The van der Waals surface area contributed by atoms with Crippen LogP contribution in [-0.2, 0) is 13.0 Å². The van der Waals surface area contributed by atoms with Crippen molar-refractivity contribution in [1.29, 1.82) is 0 Å². The first-order chi connectivity index (χ1) is 14.5. The molecule has 0 unspecified atom stereocenters. The van der Waals surface area contributed by atoms with Crippen LogP contribution in [0, 0.1) is 5.82 Å². The van der Waals surface area contributed by atoms with Gasteiger partial charge in [0, 0.05) is 12.1 Å². The molecule has 4 rings (SSSR count). The standard InChI is InChI=1S/C23H18FN3O3/c24-19-7-4-16(5-8-19)17-3-1-2-15(12-17)10-11-27-14-25-21-9-6-18(22(28)26-30)13-20(21)23(27)29/h1-9,12-14,30H,10-11H2,(H,26,28). The maximum absolute atomic E-state index is 13.2. The Labute approximate surface area is 171 Å². The third-order valence-electron chi connectivity index (χ3n) is 4.93. The molecule has 0 fully saturated rings. The number of carbonyl (C=O) groups excluding carboxylic acids is 1. The van der Waals surface area contributed by atoms with Gasteiger partial charge >= 0.3 is 0 Å². The lowest BCUT2D eigenvalue weighted by atomic mass is 10.0. The fourth-order valence-corrected chi connectivity index (χ4v) is 3.32. The third kappa shape index (κ3) is 3.97. The van der Waals surface area contributed by atoms with Crippen LogP contribution in [0.2, 0.25) is 0 Å². The first kappa shape index (κ1) is 19.5. The number of carbonyl (C=O) groups is 1. The zero-order valence-electron chi connectivity index (χ0n) is 15.9. The Morgan fingerprint density at radius 2 is 1.83 bits per heavy atom. The van der Waals surface area contributed by atoms with Gasteiger partial charge in [0.25, 0.3) is 11.5 Å². The molecule has 3 aromatic carbocycles. The predicted octanol–water partition coefficient (Wildman–Crippen LogP) is 3.56. The monoisotopic (exact) mass is 403 g/mol. The normalized spacial score (nSPS) is 10.9. The van der Waals surface area contributed by atoms with Crippen molar-refractivity contribution in [1.82, 2.24) is 15.0 Å². The van der Waals surface area contributed by atoms with Crippen LogP contribution in [0.1, 0.15) is 15.9 Å². The van der Waals surface area contributed by atoms with Crippen molar-refractivity contribution >= 4 is 16.8 Å². The van der Waals surface area contributed by atoms with Gasteiger partial charge in [0.15, 0.2) is 0 Å². The van der Waals surface area contributed by atoms with Gasteiger partial charge in [0.1, 0.15) is 5.82 Å². The SMILES string of the molecule is O=C(NO)c1ccc2ncn(CCc3cccc(-c4ccc(F)cc4)c3)c(=O)c2c1. The summed E-state index contributed by atoms with van der Waals surface area (Å²) < 4.78 is 14.6. The van der Waals surface area contributed by atoms with Crippen LogP contribution in [0.5, 0.6) is 0 Å². The Balaban J connectivity index is 1.58. The summed E-state index contributed by atoms with van der Waals surface area (Å²) in [5.41, 5.74) is 4.86. The maximum atomic E-state index is 13.2. The fraction of sp³-hybridized carbons (Fsp3) is 0.0870. The van der Waals surface area contributed by atoms with Crippen molar-refractivity contribution in [3.8, 4) is 11.1 Å². The molecule has 2 N–H and O–H groups in total. The fourth-order valence-electron chi connectivity index (χ4n) is 3.32. The molecule has 1 heterocycles. The first-order valence-corrected chi connectivity index (χ1v) is 9.33. The molecule has 0 spiro atoms. The number of nitrogens with one attached hydrogen (secondary N) is 1. The minimum Gasteiger partial charge on any atom is -0.298 e. The second-order valence-corrected chi connectivity index (χ2v) is 6.87. The quantitative estimate of drug-likeness (QED) is 0.394. The van der Waals surface area contributed by atoms with Crippen molar-refractivity contribution in [3.63, 3.8) is 0 Å². The van der Waals surface area contributed by atoms with E-state index in [2.05, 4.69) is 4.98 Å². The van der Waals surface area contributed by atoms with Crippen molar-refractivity contribution in [3.05, 3.63) is 100 Å². The number of hydroxylamine groups is 1. The number of halogens is 1. The number of aryl methyl sites for hydroxylation is 2. The molecule has 0 saturated carbocycles. The number of rotatable bonds is 5. The smallest absolute Gasteiger partial charge is 0.274 e. The van der Waals surface area contributed by atoms with Crippen LogP contribution in [0.3, 0.4) is 0 Å². The van der Waals surface area contributed by atoms with Gasteiger partial charge in [-0.15, -0.1) is 0 Å². The van der Waals surface area contributed by atoms with Crippen molar-refractivity contribution in [2.24, 2.45) is 0 Å². The highest BCUT2D eigenvalue weighted by Crippen LogP contribution is 2.21. The Morgan fingerprint density at radius 1 is 1.03 bits per heavy atom. The molecule has 1 aromatic heterocycles. The van der Waals surface area contributed by atoms with Gasteiger partial charge in [-0.2, -0.15) is 0 Å². The molecule has 150 valence electrons. The Hall–Kier alpha value is -3.84. The van der Waals surface area contributed by atoms with E-state index < -0.39 is 5.91 Å². The number of nitrogens with zero attached hydrogens (tertiary/aromatic N) is 2. The highest BCUT2D eigenvalue weighted by Gasteiger charge is 2.10. The lowest BCUT2D eigenvalue weighted by molar-refractivity contribution is 0.0706. The molecule has 0 bridgehead atoms. The highest BCUT2D eigenvalue weighted by atomic mass is 19.1. The zero-order valence-corrected chi connectivity index (χ0v) is 15.9. The predicted molar refractivity (Wildman–Crippen MR) is 111 cm³/mol. The largest absolute Gasteiger partial charge is 0.298 e. The van der Waals surface area contributed by atoms with Crippen molar-refractivity contribution in [2.75, 3.05) is 0 Å². The molecular weight excluding hydrogens is 385 g/mol. The molecule has 0 aliphatic heterocycles. The van der Waals surface area contributed by atoms with Crippen molar-refractivity contribution < 1.29 is 14.4 Å². The first-order valence-electron chi connectivity index (χ1n) is 9.33. The van der Waals surface area contributed by atoms with Crippen LogP contribution in [0.25, 0.3) is 22.0 Å². The summed E-state index contributed by atoms with van der Waals surface area (Å²) in [5.74, 6) is -0.970. The number of hydrogen-bond donors (Lipinski definition) is 2. The van der Waals surface area contributed by atoms with Gasteiger partial charge in [-0.3, -0.25) is 19.4 Å². The number of amides is 1. The molecule has 0 aliphatic carbocycles. The summed E-state index contributed by atoms with van der Waals surface area (Å²) in [6.45, 7) is 0.408. The van der Waals surface area contributed by atoms with Crippen LogP contribution in [0.4, 0.5) is 4.39 Å². The molecule has 4 aromatic rings. The van der Waals surface area contributed by atoms with Crippen LogP contribution < -0.4 is 11.0 Å². The van der Waals surface area contributed by atoms with Crippen LogP contribution in [-0.4, -0.2) is 20.7 Å². The second-order valence-electron chi connectivity index (χ2n) is 6.87. The Bertz CT molecular complexity index is 1280. The van der Waals surface area contributed by atoms with Gasteiger partial charge in [-0.25, -0.2) is 14.9 Å². The van der Waals surface area contributed by atoms with Gasteiger partial charge in [0.2, 0.25) is 0 Å². The summed E-state index contributed by atoms with van der Waals surface area (Å²) in [5, 5.41) is 9.10. The summed E-state index contributed by atoms with van der Waals surface area (Å²) in [6.07, 6.45) is 2.08. The van der Waals surface area contributed by atoms with E-state index in [1.807, 2.05) is 24.3 Å². The minimum atomic E-state index is -0.690. The summed E-state index contributed by atoms with van der Waals surface area (Å²) in [4.78, 5) is 28.7. The average molecular weight is 403 g/mol. The van der Waals surface area contributed by atoms with Gasteiger partial charge in [-0.1, -0.05) is 36.4 Å². The van der Waals surface area contributed by atoms with Crippen LogP contribution in [0.15, 0.2) is 77.9 Å². The molecule has 0 saturated heterocycles. The molecule has 1 amide bonds. The molecule has 0 radical (unpaired) electrons. The van der Waals surface area contributed by atoms with Gasteiger partial charge < -0.3 is 0 Å². The van der Waals surface area contributed by atoms with E-state index in [0.29, 0.717) is 23.9 Å². The number of fused-ring (bicyclic) bond motifs is 1. The number of benzene rings is 3. The van der Waals surface area contributed by atoms with E-state index in [1.165, 1.54) is 35.2 Å². The third-order valence-corrected chi connectivity index (χ3v) is 4.93. The molecule has 0 aliphatic rings. The van der Waals surface area contributed by atoms with E-state index in [4.69, 9.17) is 5.21 Å². The zero-order chi connectivity index (χ0) is 21.1. The van der Waals surface area contributed by atoms with E-state index in [-0.39, 0.29) is 16.9 Å². The lowest BCUT2D eigenvalue weighted by Gasteiger charge is -2.09. The molecule has 7 heteroatoms. The number of hydrogen-bond acceptors (Lipinski definition) is 4. The number of aromatic nitrogens is 2. The van der Waals surface area contributed by atoms with E-state index in [0.717, 1.165) is 16.7 Å². The van der Waals surface area contributed by atoms with E-state index in [9.17, 15) is 14.0 Å². The topological polar surface area (TPSA) is 84.2 Å². The maximum Gasteiger partial charge on any atom is 0.274 e. The van der Waals surface area contributed by atoms with Crippen LogP contribution >= 0.6 is 0 Å². The second kappa shape index (κ2) is 8.26. The minimum absolute atomic E-state index is 0.175. The lowest BCUT2D eigenvalue weighted by Crippen LogP contribution is -2.23. The Morgan fingerprint density at radius 3 is 2.60 bits per heavy atom. The Kier molecular flexibility index (Phi) is 5.36. The summed E-state index contributed by atoms with van der Waals surface area (Å²) in [7, 11) is 0. The molecular formula is C23H18FN3O3. The van der Waals surface area contributed by atoms with Crippen molar-refractivity contribution in [2.45, 2.75) is 13.0 Å².